The van der Waals surface area contributed by atoms with Gasteiger partial charge in [-0.25, -0.2) is 0 Å². The molecule has 1 fully saturated rings. The second-order valence-corrected chi connectivity index (χ2v) is 6.55. The van der Waals surface area contributed by atoms with Crippen molar-refractivity contribution in [1.29, 1.82) is 0 Å². The van der Waals surface area contributed by atoms with Gasteiger partial charge in [0.2, 0.25) is 5.91 Å². The SMILES string of the molecule is CCCCCC(=O)/C=C/C1CCCC(=O)N1C/C=C\CCCC(=O)O. The van der Waals surface area contributed by atoms with Crippen LogP contribution in [0.15, 0.2) is 24.3 Å². The zero-order valence-corrected chi connectivity index (χ0v) is 15.3. The minimum absolute atomic E-state index is 0.0138. The zero-order chi connectivity index (χ0) is 18.5. The summed E-state index contributed by atoms with van der Waals surface area (Å²) in [5.41, 5.74) is 0. The Balaban J connectivity index is 2.47. The summed E-state index contributed by atoms with van der Waals surface area (Å²) < 4.78 is 0. The molecule has 0 aromatic carbocycles. The fourth-order valence-electron chi connectivity index (χ4n) is 2.91. The molecule has 1 heterocycles. The maximum atomic E-state index is 12.2. The summed E-state index contributed by atoms with van der Waals surface area (Å²) in [6.45, 7) is 2.63. The average molecular weight is 349 g/mol. The first-order valence-electron chi connectivity index (χ1n) is 9.42. The van der Waals surface area contributed by atoms with Crippen molar-refractivity contribution in [2.24, 2.45) is 0 Å². The Morgan fingerprint density at radius 2 is 2.00 bits per heavy atom. The van der Waals surface area contributed by atoms with Gasteiger partial charge in [-0.2, -0.15) is 0 Å². The number of amides is 1. The lowest BCUT2D eigenvalue weighted by Gasteiger charge is -2.33. The third-order valence-electron chi connectivity index (χ3n) is 4.37. The molecule has 0 spiro atoms. The van der Waals surface area contributed by atoms with Crippen LogP contribution in [0.2, 0.25) is 0 Å². The highest BCUT2D eigenvalue weighted by Crippen LogP contribution is 2.19. The largest absolute Gasteiger partial charge is 0.481 e. The molecule has 25 heavy (non-hydrogen) atoms. The topological polar surface area (TPSA) is 74.7 Å². The van der Waals surface area contributed by atoms with Gasteiger partial charge in [-0.3, -0.25) is 14.4 Å². The van der Waals surface area contributed by atoms with Crippen LogP contribution in [0.4, 0.5) is 0 Å². The first-order chi connectivity index (χ1) is 12.0. The number of aliphatic carboxylic acids is 1. The van der Waals surface area contributed by atoms with E-state index >= 15 is 0 Å². The quantitative estimate of drug-likeness (QED) is 0.329. The minimum atomic E-state index is -0.784. The molecule has 0 aliphatic carbocycles. The minimum Gasteiger partial charge on any atom is -0.481 e. The van der Waals surface area contributed by atoms with Crippen LogP contribution in [0, 0.1) is 0 Å². The van der Waals surface area contributed by atoms with Gasteiger partial charge in [0.1, 0.15) is 0 Å². The zero-order valence-electron chi connectivity index (χ0n) is 15.3. The van der Waals surface area contributed by atoms with Crippen LogP contribution in [0.1, 0.15) is 71.1 Å². The summed E-state index contributed by atoms with van der Waals surface area (Å²) in [5.74, 6) is -0.529. The summed E-state index contributed by atoms with van der Waals surface area (Å²) in [6.07, 6.45) is 14.8. The van der Waals surface area contributed by atoms with Gasteiger partial charge in [-0.1, -0.05) is 38.0 Å². The summed E-state index contributed by atoms with van der Waals surface area (Å²) in [7, 11) is 0. The fraction of sp³-hybridized carbons (Fsp3) is 0.650. The number of hydrogen-bond donors (Lipinski definition) is 1. The van der Waals surface area contributed by atoms with Crippen molar-refractivity contribution < 1.29 is 19.5 Å². The molecule has 1 rings (SSSR count). The highest BCUT2D eigenvalue weighted by molar-refractivity contribution is 5.89. The van der Waals surface area contributed by atoms with Crippen LogP contribution in [0.5, 0.6) is 0 Å². The molecule has 1 saturated heterocycles. The summed E-state index contributed by atoms with van der Waals surface area (Å²) in [5, 5.41) is 8.60. The van der Waals surface area contributed by atoms with Gasteiger partial charge in [0.25, 0.3) is 0 Å². The predicted octanol–water partition coefficient (Wildman–Crippen LogP) is 3.88. The molecule has 1 aliphatic rings. The normalized spacial score (nSPS) is 18.4. The number of rotatable bonds is 12. The lowest BCUT2D eigenvalue weighted by Crippen LogP contribution is -2.42. The summed E-state index contributed by atoms with van der Waals surface area (Å²) >= 11 is 0. The summed E-state index contributed by atoms with van der Waals surface area (Å²) in [6, 6.07) is -0.0138. The lowest BCUT2D eigenvalue weighted by molar-refractivity contribution is -0.137. The van der Waals surface area contributed by atoms with E-state index < -0.39 is 5.97 Å². The lowest BCUT2D eigenvalue weighted by atomic mass is 10.00. The van der Waals surface area contributed by atoms with Crippen molar-refractivity contribution in [3.63, 3.8) is 0 Å². The smallest absolute Gasteiger partial charge is 0.303 e. The standard InChI is InChI=1S/C20H31NO4/c1-2-3-6-11-18(22)15-14-17-10-9-12-19(23)21(17)16-8-5-4-7-13-20(24)25/h5,8,14-15,17H,2-4,6-7,9-13,16H2,1H3,(H,24,25)/b8-5-,15-14+. The van der Waals surface area contributed by atoms with Crippen LogP contribution < -0.4 is 0 Å². The van der Waals surface area contributed by atoms with Crippen molar-refractivity contribution in [1.82, 2.24) is 4.90 Å². The van der Waals surface area contributed by atoms with Gasteiger partial charge >= 0.3 is 5.97 Å². The number of allylic oxidation sites excluding steroid dienone is 2. The molecule has 1 N–H and O–H groups in total. The molecular weight excluding hydrogens is 318 g/mol. The Bertz CT molecular complexity index is 496. The van der Waals surface area contributed by atoms with Crippen molar-refractivity contribution in [2.45, 2.75) is 77.2 Å². The number of carboxylic acids is 1. The third kappa shape index (κ3) is 9.22. The van der Waals surface area contributed by atoms with Gasteiger partial charge in [-0.05, 0) is 38.2 Å². The Morgan fingerprint density at radius 1 is 1.20 bits per heavy atom. The van der Waals surface area contributed by atoms with Crippen LogP contribution in [0.25, 0.3) is 0 Å². The van der Waals surface area contributed by atoms with Crippen LogP contribution in [0.3, 0.4) is 0 Å². The van der Waals surface area contributed by atoms with Crippen molar-refractivity contribution in [3.8, 4) is 0 Å². The van der Waals surface area contributed by atoms with E-state index in [1.54, 1.807) is 6.08 Å². The van der Waals surface area contributed by atoms with Crippen molar-refractivity contribution >= 4 is 17.7 Å². The number of carboxylic acid groups (broad SMARTS) is 1. The van der Waals surface area contributed by atoms with Gasteiger partial charge in [0.15, 0.2) is 5.78 Å². The Morgan fingerprint density at radius 3 is 2.72 bits per heavy atom. The van der Waals surface area contributed by atoms with E-state index in [1.165, 1.54) is 0 Å². The molecule has 5 heteroatoms. The van der Waals surface area contributed by atoms with Gasteiger partial charge in [0.05, 0.1) is 6.04 Å². The first kappa shape index (κ1) is 21.1. The van der Waals surface area contributed by atoms with Crippen LogP contribution in [-0.4, -0.2) is 40.3 Å². The predicted molar refractivity (Wildman–Crippen MR) is 98.3 cm³/mol. The monoisotopic (exact) mass is 349 g/mol. The third-order valence-corrected chi connectivity index (χ3v) is 4.37. The molecule has 1 unspecified atom stereocenters. The average Bonchev–Trinajstić information content (AvgIpc) is 2.57. The number of nitrogens with zero attached hydrogens (tertiary/aromatic N) is 1. The highest BCUT2D eigenvalue weighted by atomic mass is 16.4. The van der Waals surface area contributed by atoms with Crippen molar-refractivity contribution in [2.75, 3.05) is 6.54 Å². The van der Waals surface area contributed by atoms with Crippen LogP contribution in [-0.2, 0) is 14.4 Å². The Labute approximate surface area is 150 Å². The Hall–Kier alpha value is -1.91. The molecular formula is C20H31NO4. The molecule has 0 saturated carbocycles. The first-order valence-corrected chi connectivity index (χ1v) is 9.42. The van der Waals surface area contributed by atoms with Gasteiger partial charge in [0, 0.05) is 25.8 Å². The molecule has 0 radical (unpaired) electrons. The molecule has 5 nitrogen and oxygen atoms in total. The van der Waals surface area contributed by atoms with E-state index in [9.17, 15) is 14.4 Å². The van der Waals surface area contributed by atoms with Crippen LogP contribution >= 0.6 is 0 Å². The number of hydrogen-bond acceptors (Lipinski definition) is 3. The highest BCUT2D eigenvalue weighted by Gasteiger charge is 2.25. The molecule has 0 aromatic heterocycles. The number of piperidine rings is 1. The van der Waals surface area contributed by atoms with E-state index in [4.69, 9.17) is 5.11 Å². The van der Waals surface area contributed by atoms with Crippen molar-refractivity contribution in [3.05, 3.63) is 24.3 Å². The number of carbonyl (C=O) groups excluding carboxylic acids is 2. The number of carbonyl (C=O) groups is 3. The number of ketones is 1. The molecule has 1 amide bonds. The summed E-state index contributed by atoms with van der Waals surface area (Å²) in [4.78, 5) is 36.3. The number of unbranched alkanes of at least 4 members (excludes halogenated alkanes) is 3. The Kier molecular flexibility index (Phi) is 10.5. The van der Waals surface area contributed by atoms with E-state index in [0.29, 0.717) is 32.2 Å². The van der Waals surface area contributed by atoms with E-state index in [1.807, 2.05) is 23.1 Å². The molecule has 0 bridgehead atoms. The second kappa shape index (κ2) is 12.5. The maximum absolute atomic E-state index is 12.2. The second-order valence-electron chi connectivity index (χ2n) is 6.55. The molecule has 1 atom stereocenters. The van der Waals surface area contributed by atoms with E-state index in [-0.39, 0.29) is 24.2 Å². The molecule has 1 aliphatic heterocycles. The van der Waals surface area contributed by atoms with Gasteiger partial charge in [-0.15, -0.1) is 0 Å². The molecule has 0 aromatic rings. The molecule has 140 valence electrons. The maximum Gasteiger partial charge on any atom is 0.303 e. The van der Waals surface area contributed by atoms with E-state index in [0.717, 1.165) is 32.1 Å². The van der Waals surface area contributed by atoms with E-state index in [2.05, 4.69) is 6.92 Å². The van der Waals surface area contributed by atoms with Gasteiger partial charge < -0.3 is 10.0 Å². The number of likely N-dealkylation sites (tertiary alicyclic amines) is 1. The fourth-order valence-corrected chi connectivity index (χ4v) is 2.91.